The summed E-state index contributed by atoms with van der Waals surface area (Å²) in [5.41, 5.74) is 8.99. The van der Waals surface area contributed by atoms with E-state index in [1.165, 1.54) is 19.3 Å². The Kier molecular flexibility index (Phi) is 2.70. The lowest BCUT2D eigenvalue weighted by atomic mass is 9.78. The fourth-order valence-corrected chi connectivity index (χ4v) is 2.81. The lowest BCUT2D eigenvalue weighted by molar-refractivity contribution is 0.304. The average Bonchev–Trinajstić information content (AvgIpc) is 2.83. The monoisotopic (exact) mass is 246 g/mol. The number of hydrogen-bond acceptors (Lipinski definition) is 4. The molecule has 96 valence electrons. The van der Waals surface area contributed by atoms with Gasteiger partial charge in [0.15, 0.2) is 5.65 Å². The van der Waals surface area contributed by atoms with Crippen molar-refractivity contribution in [2.45, 2.75) is 37.6 Å². The van der Waals surface area contributed by atoms with E-state index < -0.39 is 0 Å². The molecule has 2 aromatic heterocycles. The molecular formula is C13H18N4O. The zero-order chi connectivity index (χ0) is 12.6. The molecule has 1 aliphatic carbocycles. The highest BCUT2D eigenvalue weighted by molar-refractivity contribution is 5.76. The maximum absolute atomic E-state index is 6.55. The molecule has 0 saturated heterocycles. The number of ether oxygens (including phenoxy) is 1. The van der Waals surface area contributed by atoms with Crippen LogP contribution in [0.5, 0.6) is 5.88 Å². The molecule has 5 nitrogen and oxygen atoms in total. The van der Waals surface area contributed by atoms with Crippen molar-refractivity contribution in [2.75, 3.05) is 7.11 Å². The van der Waals surface area contributed by atoms with E-state index in [1.807, 2.05) is 6.20 Å². The van der Waals surface area contributed by atoms with Crippen LogP contribution >= 0.6 is 0 Å². The fourth-order valence-electron chi connectivity index (χ4n) is 2.81. The fraction of sp³-hybridized carbons (Fsp3) is 0.538. The minimum atomic E-state index is -0.266. The first kappa shape index (κ1) is 11.5. The van der Waals surface area contributed by atoms with E-state index in [-0.39, 0.29) is 5.54 Å². The van der Waals surface area contributed by atoms with Crippen molar-refractivity contribution in [3.05, 3.63) is 18.0 Å². The third-order valence-electron chi connectivity index (χ3n) is 3.85. The van der Waals surface area contributed by atoms with Gasteiger partial charge in [0.2, 0.25) is 5.88 Å². The van der Waals surface area contributed by atoms with E-state index in [1.54, 1.807) is 13.3 Å². The van der Waals surface area contributed by atoms with Gasteiger partial charge in [0.1, 0.15) is 5.52 Å². The number of fused-ring (bicyclic) bond motifs is 1. The molecule has 0 unspecified atom stereocenters. The second kappa shape index (κ2) is 4.24. The average molecular weight is 246 g/mol. The van der Waals surface area contributed by atoms with Crippen LogP contribution in [0.3, 0.4) is 0 Å². The topological polar surface area (TPSA) is 76.8 Å². The second-order valence-electron chi connectivity index (χ2n) is 5.03. The van der Waals surface area contributed by atoms with Crippen molar-refractivity contribution in [1.29, 1.82) is 0 Å². The van der Waals surface area contributed by atoms with E-state index in [2.05, 4.69) is 15.0 Å². The van der Waals surface area contributed by atoms with Crippen LogP contribution in [-0.2, 0) is 5.54 Å². The molecule has 5 heteroatoms. The molecule has 2 heterocycles. The van der Waals surface area contributed by atoms with Crippen LogP contribution in [0.1, 0.15) is 37.7 Å². The number of aromatic nitrogens is 3. The Morgan fingerprint density at radius 3 is 2.83 bits per heavy atom. The number of nitrogens with two attached hydrogens (primary N) is 1. The smallest absolute Gasteiger partial charge is 0.232 e. The van der Waals surface area contributed by atoms with Crippen molar-refractivity contribution in [3.8, 4) is 5.88 Å². The number of nitrogens with one attached hydrogen (secondary N) is 1. The van der Waals surface area contributed by atoms with Gasteiger partial charge in [-0.05, 0) is 12.8 Å². The Labute approximate surface area is 106 Å². The minimum absolute atomic E-state index is 0.266. The van der Waals surface area contributed by atoms with Gasteiger partial charge >= 0.3 is 0 Å². The van der Waals surface area contributed by atoms with Crippen molar-refractivity contribution in [2.24, 2.45) is 5.73 Å². The summed E-state index contributed by atoms with van der Waals surface area (Å²) < 4.78 is 5.14. The molecule has 0 aromatic carbocycles. The van der Waals surface area contributed by atoms with Crippen LogP contribution < -0.4 is 10.5 Å². The second-order valence-corrected chi connectivity index (χ2v) is 5.03. The lowest BCUT2D eigenvalue weighted by Crippen LogP contribution is -2.38. The van der Waals surface area contributed by atoms with Crippen LogP contribution in [0, 0.1) is 0 Å². The molecule has 3 rings (SSSR count). The Bertz CT molecular complexity index is 557. The van der Waals surface area contributed by atoms with Gasteiger partial charge in [0.25, 0.3) is 0 Å². The Morgan fingerprint density at radius 2 is 2.11 bits per heavy atom. The highest BCUT2D eigenvalue weighted by atomic mass is 16.5. The lowest BCUT2D eigenvalue weighted by Gasteiger charge is -2.32. The molecule has 3 N–H and O–H groups in total. The molecule has 0 amide bonds. The van der Waals surface area contributed by atoms with Gasteiger partial charge < -0.3 is 15.5 Å². The van der Waals surface area contributed by atoms with Crippen molar-refractivity contribution in [3.63, 3.8) is 0 Å². The number of hydrogen-bond donors (Lipinski definition) is 2. The van der Waals surface area contributed by atoms with Gasteiger partial charge in [-0.25, -0.2) is 9.97 Å². The van der Waals surface area contributed by atoms with Gasteiger partial charge in [-0.3, -0.25) is 0 Å². The first-order valence-corrected chi connectivity index (χ1v) is 6.40. The molecule has 1 saturated carbocycles. The summed E-state index contributed by atoms with van der Waals surface area (Å²) in [5.74, 6) is 0.530. The molecule has 0 radical (unpaired) electrons. The molecule has 1 fully saturated rings. The quantitative estimate of drug-likeness (QED) is 0.850. The van der Waals surface area contributed by atoms with Gasteiger partial charge in [-0.2, -0.15) is 0 Å². The van der Waals surface area contributed by atoms with Crippen LogP contribution in [0.2, 0.25) is 0 Å². The highest BCUT2D eigenvalue weighted by Crippen LogP contribution is 2.37. The van der Waals surface area contributed by atoms with E-state index >= 15 is 0 Å². The first-order chi connectivity index (χ1) is 8.73. The van der Waals surface area contributed by atoms with E-state index in [0.29, 0.717) is 5.88 Å². The summed E-state index contributed by atoms with van der Waals surface area (Å²) in [4.78, 5) is 11.9. The first-order valence-electron chi connectivity index (χ1n) is 6.40. The Balaban J connectivity index is 2.10. The number of rotatable bonds is 2. The molecule has 0 aliphatic heterocycles. The third-order valence-corrected chi connectivity index (χ3v) is 3.85. The maximum Gasteiger partial charge on any atom is 0.232 e. The van der Waals surface area contributed by atoms with Gasteiger partial charge in [0.05, 0.1) is 13.3 Å². The third kappa shape index (κ3) is 1.75. The molecule has 0 spiro atoms. The number of H-pyrrole nitrogens is 1. The summed E-state index contributed by atoms with van der Waals surface area (Å²) in [7, 11) is 1.60. The summed E-state index contributed by atoms with van der Waals surface area (Å²) >= 11 is 0. The number of methoxy groups -OCH3 is 1. The molecule has 0 atom stereocenters. The van der Waals surface area contributed by atoms with Crippen molar-refractivity contribution < 1.29 is 4.74 Å². The van der Waals surface area contributed by atoms with Crippen molar-refractivity contribution >= 4 is 11.2 Å². The molecule has 18 heavy (non-hydrogen) atoms. The SMILES string of the molecule is COc1cnc2[nH]cc(C3(N)CCCCC3)c2n1. The highest BCUT2D eigenvalue weighted by Gasteiger charge is 2.32. The summed E-state index contributed by atoms with van der Waals surface area (Å²) in [6.07, 6.45) is 9.23. The van der Waals surface area contributed by atoms with Crippen molar-refractivity contribution in [1.82, 2.24) is 15.0 Å². The number of nitrogens with zero attached hydrogens (tertiary/aromatic N) is 2. The summed E-state index contributed by atoms with van der Waals surface area (Å²) in [5, 5.41) is 0. The van der Waals surface area contributed by atoms with Crippen LogP contribution in [0.25, 0.3) is 11.2 Å². The minimum Gasteiger partial charge on any atom is -0.480 e. The van der Waals surface area contributed by atoms with Crippen LogP contribution in [0.15, 0.2) is 12.4 Å². The van der Waals surface area contributed by atoms with Gasteiger partial charge in [0, 0.05) is 17.3 Å². The molecular weight excluding hydrogens is 228 g/mol. The predicted octanol–water partition coefficient (Wildman–Crippen LogP) is 2.08. The molecule has 2 aromatic rings. The molecule has 1 aliphatic rings. The Hall–Kier alpha value is -1.62. The normalized spacial score (nSPS) is 19.0. The van der Waals surface area contributed by atoms with Gasteiger partial charge in [-0.15, -0.1) is 0 Å². The zero-order valence-electron chi connectivity index (χ0n) is 10.6. The summed E-state index contributed by atoms with van der Waals surface area (Å²) in [6, 6.07) is 0. The number of aromatic amines is 1. The Morgan fingerprint density at radius 1 is 1.33 bits per heavy atom. The van der Waals surface area contributed by atoms with Crippen LogP contribution in [-0.4, -0.2) is 22.1 Å². The van der Waals surface area contributed by atoms with E-state index in [4.69, 9.17) is 10.5 Å². The predicted molar refractivity (Wildman–Crippen MR) is 69.4 cm³/mol. The van der Waals surface area contributed by atoms with E-state index in [9.17, 15) is 0 Å². The maximum atomic E-state index is 6.55. The standard InChI is InChI=1S/C13H18N4O/c1-18-10-8-16-12-11(17-10)9(7-15-12)13(14)5-3-2-4-6-13/h7-8H,2-6,14H2,1H3,(H,15,16). The molecule has 0 bridgehead atoms. The van der Waals surface area contributed by atoms with Gasteiger partial charge in [-0.1, -0.05) is 19.3 Å². The summed E-state index contributed by atoms with van der Waals surface area (Å²) in [6.45, 7) is 0. The zero-order valence-corrected chi connectivity index (χ0v) is 10.6. The van der Waals surface area contributed by atoms with Crippen LogP contribution in [0.4, 0.5) is 0 Å². The van der Waals surface area contributed by atoms with E-state index in [0.717, 1.165) is 29.6 Å². The largest absolute Gasteiger partial charge is 0.480 e.